The monoisotopic (exact) mass is 230 g/mol. The average Bonchev–Trinajstić information content (AvgIpc) is 2.38. The van der Waals surface area contributed by atoms with Crippen LogP contribution in [0.3, 0.4) is 0 Å². The van der Waals surface area contributed by atoms with Gasteiger partial charge in [0, 0.05) is 18.0 Å². The number of hydrogen-bond donors (Lipinski definition) is 1. The van der Waals surface area contributed by atoms with Crippen LogP contribution in [0, 0.1) is 0 Å². The van der Waals surface area contributed by atoms with E-state index >= 15 is 0 Å². The van der Waals surface area contributed by atoms with E-state index in [4.69, 9.17) is 4.74 Å². The Labute approximate surface area is 102 Å². The molecule has 0 amide bonds. The molecule has 0 unspecified atom stereocenters. The summed E-state index contributed by atoms with van der Waals surface area (Å²) in [6, 6.07) is 12.0. The van der Waals surface area contributed by atoms with Crippen molar-refractivity contribution in [3.63, 3.8) is 0 Å². The van der Waals surface area contributed by atoms with Gasteiger partial charge in [0.15, 0.2) is 0 Å². The van der Waals surface area contributed by atoms with Crippen LogP contribution in [0.15, 0.2) is 36.4 Å². The van der Waals surface area contributed by atoms with Gasteiger partial charge in [-0.25, -0.2) is 4.98 Å². The molecule has 17 heavy (non-hydrogen) atoms. The molecule has 0 radical (unpaired) electrons. The fourth-order valence-electron chi connectivity index (χ4n) is 1.66. The molecule has 0 aliphatic rings. The van der Waals surface area contributed by atoms with Crippen molar-refractivity contribution in [2.24, 2.45) is 0 Å². The molecule has 0 aliphatic heterocycles. The van der Waals surface area contributed by atoms with Crippen LogP contribution < -0.4 is 10.1 Å². The second-order valence-corrected chi connectivity index (χ2v) is 3.94. The number of rotatable bonds is 6. The fourth-order valence-corrected chi connectivity index (χ4v) is 1.66. The highest BCUT2D eigenvalue weighted by Gasteiger charge is 1.97. The molecule has 1 heterocycles. The zero-order valence-corrected chi connectivity index (χ0v) is 10.1. The normalized spacial score (nSPS) is 10.6. The maximum atomic E-state index is 5.59. The van der Waals surface area contributed by atoms with E-state index in [9.17, 15) is 0 Å². The van der Waals surface area contributed by atoms with E-state index in [1.54, 1.807) is 0 Å². The largest absolute Gasteiger partial charge is 0.476 e. The highest BCUT2D eigenvalue weighted by Crippen LogP contribution is 2.15. The van der Waals surface area contributed by atoms with E-state index in [0.29, 0.717) is 12.5 Å². The van der Waals surface area contributed by atoms with Crippen molar-refractivity contribution in [2.45, 2.75) is 13.3 Å². The third kappa shape index (κ3) is 3.43. The third-order valence-corrected chi connectivity index (χ3v) is 2.53. The van der Waals surface area contributed by atoms with E-state index in [-0.39, 0.29) is 0 Å². The van der Waals surface area contributed by atoms with E-state index in [2.05, 4.69) is 23.3 Å². The predicted molar refractivity (Wildman–Crippen MR) is 70.4 cm³/mol. The average molecular weight is 230 g/mol. The number of nitrogens with one attached hydrogen (secondary N) is 1. The first-order chi connectivity index (χ1) is 8.40. The van der Waals surface area contributed by atoms with Gasteiger partial charge in [-0.15, -0.1) is 0 Å². The summed E-state index contributed by atoms with van der Waals surface area (Å²) in [5.74, 6) is 0.696. The summed E-state index contributed by atoms with van der Waals surface area (Å²) >= 11 is 0. The molecule has 2 rings (SSSR count). The maximum absolute atomic E-state index is 5.59. The van der Waals surface area contributed by atoms with Crippen LogP contribution in [-0.2, 0) is 0 Å². The SMILES string of the molecule is CCCNCCOc1ccc2ccccc2n1. The molecule has 0 saturated carbocycles. The van der Waals surface area contributed by atoms with Crippen LogP contribution >= 0.6 is 0 Å². The van der Waals surface area contributed by atoms with Crippen LogP contribution in [0.4, 0.5) is 0 Å². The number of fused-ring (bicyclic) bond motifs is 1. The van der Waals surface area contributed by atoms with Gasteiger partial charge in [-0.05, 0) is 25.1 Å². The lowest BCUT2D eigenvalue weighted by atomic mass is 10.2. The molecule has 90 valence electrons. The Morgan fingerprint density at radius 2 is 2.00 bits per heavy atom. The predicted octanol–water partition coefficient (Wildman–Crippen LogP) is 2.61. The van der Waals surface area contributed by atoms with Crippen LogP contribution in [0.5, 0.6) is 5.88 Å². The number of para-hydroxylation sites is 1. The second kappa shape index (κ2) is 6.21. The molecular formula is C14H18N2O. The number of pyridine rings is 1. The summed E-state index contributed by atoms with van der Waals surface area (Å²) in [5, 5.41) is 4.43. The molecule has 0 atom stereocenters. The molecule has 0 bridgehead atoms. The Bertz CT molecular complexity index is 470. The minimum absolute atomic E-state index is 0.658. The molecule has 3 nitrogen and oxygen atoms in total. The Morgan fingerprint density at radius 3 is 2.88 bits per heavy atom. The van der Waals surface area contributed by atoms with Gasteiger partial charge in [-0.2, -0.15) is 0 Å². The maximum Gasteiger partial charge on any atom is 0.213 e. The van der Waals surface area contributed by atoms with Crippen molar-refractivity contribution in [1.29, 1.82) is 0 Å². The number of ether oxygens (including phenoxy) is 1. The molecule has 0 aliphatic carbocycles. The number of hydrogen-bond acceptors (Lipinski definition) is 3. The molecule has 0 fully saturated rings. The van der Waals surface area contributed by atoms with Gasteiger partial charge >= 0.3 is 0 Å². The lowest BCUT2D eigenvalue weighted by molar-refractivity contribution is 0.304. The molecule has 1 N–H and O–H groups in total. The van der Waals surface area contributed by atoms with Crippen LogP contribution in [0.1, 0.15) is 13.3 Å². The summed E-state index contributed by atoms with van der Waals surface area (Å²) in [5.41, 5.74) is 0.978. The van der Waals surface area contributed by atoms with Crippen molar-refractivity contribution in [1.82, 2.24) is 10.3 Å². The number of nitrogens with zero attached hydrogens (tertiary/aromatic N) is 1. The Morgan fingerprint density at radius 1 is 1.12 bits per heavy atom. The Kier molecular flexibility index (Phi) is 4.33. The minimum atomic E-state index is 0.658. The second-order valence-electron chi connectivity index (χ2n) is 3.94. The number of benzene rings is 1. The summed E-state index contributed by atoms with van der Waals surface area (Å²) in [6.07, 6.45) is 1.15. The first-order valence-electron chi connectivity index (χ1n) is 6.09. The first-order valence-corrected chi connectivity index (χ1v) is 6.09. The van der Waals surface area contributed by atoms with Crippen LogP contribution in [0.2, 0.25) is 0 Å². The molecule has 1 aromatic carbocycles. The van der Waals surface area contributed by atoms with Crippen molar-refractivity contribution >= 4 is 10.9 Å². The highest BCUT2D eigenvalue weighted by molar-refractivity contribution is 5.78. The van der Waals surface area contributed by atoms with E-state index in [0.717, 1.165) is 30.4 Å². The molecule has 3 heteroatoms. The van der Waals surface area contributed by atoms with Gasteiger partial charge in [0.25, 0.3) is 0 Å². The molecule has 0 saturated heterocycles. The zero-order valence-electron chi connectivity index (χ0n) is 10.1. The molecule has 2 aromatic rings. The van der Waals surface area contributed by atoms with Gasteiger partial charge in [-0.1, -0.05) is 25.1 Å². The van der Waals surface area contributed by atoms with Crippen molar-refractivity contribution in [3.05, 3.63) is 36.4 Å². The van der Waals surface area contributed by atoms with Crippen LogP contribution in [-0.4, -0.2) is 24.7 Å². The topological polar surface area (TPSA) is 34.1 Å². The minimum Gasteiger partial charge on any atom is -0.476 e. The van der Waals surface area contributed by atoms with Crippen molar-refractivity contribution in [2.75, 3.05) is 19.7 Å². The highest BCUT2D eigenvalue weighted by atomic mass is 16.5. The standard InChI is InChI=1S/C14H18N2O/c1-2-9-15-10-11-17-14-8-7-12-5-3-4-6-13(12)16-14/h3-8,15H,2,9-11H2,1H3. The van der Waals surface area contributed by atoms with Gasteiger partial charge < -0.3 is 10.1 Å². The van der Waals surface area contributed by atoms with Gasteiger partial charge in [0.2, 0.25) is 5.88 Å². The Hall–Kier alpha value is -1.61. The van der Waals surface area contributed by atoms with Crippen LogP contribution in [0.25, 0.3) is 10.9 Å². The van der Waals surface area contributed by atoms with E-state index < -0.39 is 0 Å². The van der Waals surface area contributed by atoms with Gasteiger partial charge in [0.1, 0.15) is 6.61 Å². The zero-order chi connectivity index (χ0) is 11.9. The van der Waals surface area contributed by atoms with E-state index in [1.165, 1.54) is 0 Å². The first kappa shape index (κ1) is 11.9. The summed E-state index contributed by atoms with van der Waals surface area (Å²) in [7, 11) is 0. The van der Waals surface area contributed by atoms with Gasteiger partial charge in [-0.3, -0.25) is 0 Å². The summed E-state index contributed by atoms with van der Waals surface area (Å²) < 4.78 is 5.59. The molecule has 0 spiro atoms. The lowest BCUT2D eigenvalue weighted by Gasteiger charge is -2.06. The molecular weight excluding hydrogens is 212 g/mol. The van der Waals surface area contributed by atoms with Crippen molar-refractivity contribution < 1.29 is 4.74 Å². The fraction of sp³-hybridized carbons (Fsp3) is 0.357. The summed E-state index contributed by atoms with van der Waals surface area (Å²) in [6.45, 7) is 4.71. The van der Waals surface area contributed by atoms with Crippen molar-refractivity contribution in [3.8, 4) is 5.88 Å². The Balaban J connectivity index is 1.90. The lowest BCUT2D eigenvalue weighted by Crippen LogP contribution is -2.21. The third-order valence-electron chi connectivity index (χ3n) is 2.53. The molecule has 1 aromatic heterocycles. The summed E-state index contributed by atoms with van der Waals surface area (Å²) in [4.78, 5) is 4.44. The quantitative estimate of drug-likeness (QED) is 0.775. The van der Waals surface area contributed by atoms with E-state index in [1.807, 2.05) is 30.3 Å². The smallest absolute Gasteiger partial charge is 0.213 e. The number of aromatic nitrogens is 1. The van der Waals surface area contributed by atoms with Gasteiger partial charge in [0.05, 0.1) is 5.52 Å².